The van der Waals surface area contributed by atoms with E-state index in [1.54, 1.807) is 30.3 Å². The van der Waals surface area contributed by atoms with Crippen LogP contribution < -0.4 is 26.4 Å². The van der Waals surface area contributed by atoms with Crippen molar-refractivity contribution in [3.63, 3.8) is 0 Å². The molecule has 0 aliphatic carbocycles. The zero-order valence-corrected chi connectivity index (χ0v) is 19.5. The number of non-ortho nitro benzene ring substituents is 1. The minimum atomic E-state index is -1.45. The number of benzene rings is 2. The molecular weight excluding hydrogens is 490 g/mol. The number of hydrogen-bond donors (Lipinski definition) is 1. The number of hydroxylamine groups is 1. The summed E-state index contributed by atoms with van der Waals surface area (Å²) in [6.07, 6.45) is 0. The lowest BCUT2D eigenvalue weighted by Gasteiger charge is -2.23. The number of carbonyl (C=O) groups is 3. The van der Waals surface area contributed by atoms with Gasteiger partial charge in [0.1, 0.15) is 0 Å². The van der Waals surface area contributed by atoms with Gasteiger partial charge in [0.25, 0.3) is 5.69 Å². The van der Waals surface area contributed by atoms with Crippen molar-refractivity contribution in [1.29, 1.82) is 0 Å². The molecule has 0 radical (unpaired) electrons. The standard InChI is InChI=1S/C23H19N5O9/c1-25-19-18(20(30)26(2)23(25)33)36-21(31)22(32)37-27(19)11-10-24-16-9-8-14(28(34)35)12-15(16)17(29)13-6-4-3-5-7-13/h3-9,12,24H,10-11H2,1-2H3. The van der Waals surface area contributed by atoms with Crippen molar-refractivity contribution in [2.45, 2.75) is 0 Å². The van der Waals surface area contributed by atoms with Crippen LogP contribution in [0.2, 0.25) is 0 Å². The van der Waals surface area contributed by atoms with Crippen LogP contribution in [-0.2, 0) is 28.5 Å². The molecule has 1 N–H and O–H groups in total. The third-order valence-electron chi connectivity index (χ3n) is 5.51. The SMILES string of the molecule is Cn1c2c(c(=O)n(C)c1=O)OC(=O)C(=O)ON2CCNc1ccc([N+](=O)[O-])cc1C(=O)c1ccccc1. The number of hydrogen-bond acceptors (Lipinski definition) is 11. The summed E-state index contributed by atoms with van der Waals surface area (Å²) < 4.78 is 6.55. The molecule has 0 saturated heterocycles. The second-order valence-corrected chi connectivity index (χ2v) is 7.84. The van der Waals surface area contributed by atoms with Crippen molar-refractivity contribution in [2.24, 2.45) is 14.1 Å². The second-order valence-electron chi connectivity index (χ2n) is 7.84. The molecule has 14 nitrogen and oxygen atoms in total. The molecule has 2 heterocycles. The van der Waals surface area contributed by atoms with Crippen LogP contribution >= 0.6 is 0 Å². The minimum Gasteiger partial charge on any atom is -0.408 e. The largest absolute Gasteiger partial charge is 0.442 e. The number of rotatable bonds is 7. The van der Waals surface area contributed by atoms with Gasteiger partial charge in [-0.15, -0.1) is 0 Å². The number of esters is 1. The van der Waals surface area contributed by atoms with E-state index in [1.165, 1.54) is 26.2 Å². The third-order valence-corrected chi connectivity index (χ3v) is 5.51. The van der Waals surface area contributed by atoms with E-state index in [2.05, 4.69) is 5.32 Å². The maximum absolute atomic E-state index is 13.1. The molecule has 0 bridgehead atoms. The molecule has 3 aromatic rings. The minimum absolute atomic E-state index is 0.0217. The number of nitro benzene ring substituents is 1. The van der Waals surface area contributed by atoms with Crippen molar-refractivity contribution in [3.05, 3.63) is 90.6 Å². The van der Waals surface area contributed by atoms with Gasteiger partial charge in [-0.25, -0.2) is 14.4 Å². The van der Waals surface area contributed by atoms with Crippen LogP contribution in [0.4, 0.5) is 17.2 Å². The van der Waals surface area contributed by atoms with Gasteiger partial charge in [0, 0.05) is 44.0 Å². The van der Waals surface area contributed by atoms with Gasteiger partial charge in [0.15, 0.2) is 11.6 Å². The lowest BCUT2D eigenvalue weighted by atomic mass is 10.0. The number of carbonyl (C=O) groups excluding carboxylic acids is 3. The van der Waals surface area contributed by atoms with Gasteiger partial charge in [-0.05, 0) is 6.07 Å². The van der Waals surface area contributed by atoms with Crippen LogP contribution in [0.25, 0.3) is 0 Å². The molecule has 0 saturated carbocycles. The molecule has 190 valence electrons. The summed E-state index contributed by atoms with van der Waals surface area (Å²) in [7, 11) is 2.47. The van der Waals surface area contributed by atoms with E-state index < -0.39 is 39.6 Å². The van der Waals surface area contributed by atoms with E-state index in [0.717, 1.165) is 15.7 Å². The first-order valence-electron chi connectivity index (χ1n) is 10.7. The van der Waals surface area contributed by atoms with Gasteiger partial charge >= 0.3 is 23.2 Å². The summed E-state index contributed by atoms with van der Waals surface area (Å²) >= 11 is 0. The maximum atomic E-state index is 13.1. The lowest BCUT2D eigenvalue weighted by Crippen LogP contribution is -2.41. The molecule has 0 unspecified atom stereocenters. The molecule has 0 fully saturated rings. The number of ether oxygens (including phenoxy) is 1. The van der Waals surface area contributed by atoms with Crippen LogP contribution in [0, 0.1) is 10.1 Å². The molecule has 4 rings (SSSR count). The van der Waals surface area contributed by atoms with Crippen molar-refractivity contribution < 1.29 is 28.9 Å². The molecule has 1 aliphatic rings. The van der Waals surface area contributed by atoms with Gasteiger partial charge in [-0.1, -0.05) is 30.3 Å². The zero-order valence-electron chi connectivity index (χ0n) is 19.5. The highest BCUT2D eigenvalue weighted by atomic mass is 16.7. The Balaban J connectivity index is 1.66. The number of nitro groups is 1. The Hall–Kier alpha value is -5.27. The van der Waals surface area contributed by atoms with Crippen LogP contribution in [0.1, 0.15) is 15.9 Å². The molecule has 0 spiro atoms. The molecule has 14 heteroatoms. The average molecular weight is 509 g/mol. The lowest BCUT2D eigenvalue weighted by molar-refractivity contribution is -0.384. The summed E-state index contributed by atoms with van der Waals surface area (Å²) in [6, 6.07) is 11.9. The van der Waals surface area contributed by atoms with E-state index >= 15 is 0 Å². The Morgan fingerprint density at radius 1 is 1.00 bits per heavy atom. The van der Waals surface area contributed by atoms with E-state index in [1.807, 2.05) is 0 Å². The number of ketones is 1. The number of aromatic nitrogens is 2. The van der Waals surface area contributed by atoms with Crippen molar-refractivity contribution in [2.75, 3.05) is 23.5 Å². The second kappa shape index (κ2) is 9.77. The summed E-state index contributed by atoms with van der Waals surface area (Å²) in [5, 5.41) is 15.1. The van der Waals surface area contributed by atoms with Gasteiger partial charge in [0.2, 0.25) is 5.75 Å². The topological polar surface area (TPSA) is 172 Å². The summed E-state index contributed by atoms with van der Waals surface area (Å²) in [4.78, 5) is 77.7. The fraction of sp³-hybridized carbons (Fsp3) is 0.174. The Bertz CT molecular complexity index is 1560. The van der Waals surface area contributed by atoms with Crippen molar-refractivity contribution in [3.8, 4) is 5.75 Å². The highest BCUT2D eigenvalue weighted by Crippen LogP contribution is 2.27. The number of fused-ring (bicyclic) bond motifs is 1. The molecule has 1 aromatic heterocycles. The quantitative estimate of drug-likeness (QED) is 0.155. The van der Waals surface area contributed by atoms with Crippen molar-refractivity contribution >= 4 is 34.9 Å². The molecule has 2 aromatic carbocycles. The van der Waals surface area contributed by atoms with E-state index in [0.29, 0.717) is 10.1 Å². The molecule has 0 atom stereocenters. The third kappa shape index (κ3) is 4.67. The predicted octanol–water partition coefficient (Wildman–Crippen LogP) is 0.519. The van der Waals surface area contributed by atoms with Crippen LogP contribution in [0.5, 0.6) is 5.75 Å². The number of nitrogens with zero attached hydrogens (tertiary/aromatic N) is 4. The van der Waals surface area contributed by atoms with E-state index in [4.69, 9.17) is 9.57 Å². The van der Waals surface area contributed by atoms with E-state index in [-0.39, 0.29) is 35.8 Å². The number of nitrogens with one attached hydrogen (secondary N) is 1. The Morgan fingerprint density at radius 2 is 1.70 bits per heavy atom. The summed E-state index contributed by atoms with van der Waals surface area (Å²) in [5.74, 6) is -4.17. The first-order chi connectivity index (χ1) is 17.6. The Kier molecular flexibility index (Phi) is 6.56. The molecule has 1 aliphatic heterocycles. The highest BCUT2D eigenvalue weighted by molar-refractivity contribution is 6.31. The summed E-state index contributed by atoms with van der Waals surface area (Å²) in [5.41, 5.74) is -1.43. The van der Waals surface area contributed by atoms with Gasteiger partial charge in [-0.2, -0.15) is 5.06 Å². The first-order valence-corrected chi connectivity index (χ1v) is 10.7. The first kappa shape index (κ1) is 24.8. The molecule has 37 heavy (non-hydrogen) atoms. The van der Waals surface area contributed by atoms with Gasteiger partial charge in [0.05, 0.1) is 17.0 Å². The zero-order chi connectivity index (χ0) is 26.9. The Labute approximate surface area is 207 Å². The van der Waals surface area contributed by atoms with Gasteiger partial charge in [-0.3, -0.25) is 28.8 Å². The van der Waals surface area contributed by atoms with E-state index in [9.17, 15) is 34.1 Å². The predicted molar refractivity (Wildman–Crippen MR) is 127 cm³/mol. The molecule has 0 amide bonds. The van der Waals surface area contributed by atoms with Crippen LogP contribution in [-0.4, -0.2) is 44.9 Å². The molecular formula is C23H19N5O9. The monoisotopic (exact) mass is 509 g/mol. The Morgan fingerprint density at radius 3 is 2.38 bits per heavy atom. The van der Waals surface area contributed by atoms with Gasteiger partial charge < -0.3 is 14.9 Å². The highest BCUT2D eigenvalue weighted by Gasteiger charge is 2.35. The summed E-state index contributed by atoms with van der Waals surface area (Å²) in [6.45, 7) is -0.275. The maximum Gasteiger partial charge on any atom is 0.442 e. The van der Waals surface area contributed by atoms with Crippen LogP contribution in [0.3, 0.4) is 0 Å². The fourth-order valence-electron chi connectivity index (χ4n) is 3.66. The van der Waals surface area contributed by atoms with Crippen molar-refractivity contribution in [1.82, 2.24) is 9.13 Å². The number of anilines is 2. The smallest absolute Gasteiger partial charge is 0.408 e. The fourth-order valence-corrected chi connectivity index (χ4v) is 3.66. The average Bonchev–Trinajstić information content (AvgIpc) is 3.02. The normalized spacial score (nSPS) is 12.8. The van der Waals surface area contributed by atoms with Crippen LogP contribution in [0.15, 0.2) is 58.1 Å².